The minimum Gasteiger partial charge on any atom is -0.494 e. The number of hydrogen-bond donors (Lipinski definition) is 2. The van der Waals surface area contributed by atoms with E-state index >= 15 is 0 Å². The van der Waals surface area contributed by atoms with Crippen molar-refractivity contribution in [2.75, 3.05) is 6.61 Å². The van der Waals surface area contributed by atoms with Gasteiger partial charge in [-0.15, -0.1) is 6.58 Å². The standard InChI is InChI=1S/C11H16N2O/c1-3-10(13-12)9-7-5-6-8-11(9)14-4-2/h3,5-8,10,13H,1,4,12H2,2H3. The van der Waals surface area contributed by atoms with E-state index in [9.17, 15) is 0 Å². The van der Waals surface area contributed by atoms with Crippen LogP contribution in [0.15, 0.2) is 36.9 Å². The highest BCUT2D eigenvalue weighted by molar-refractivity contribution is 5.37. The van der Waals surface area contributed by atoms with E-state index in [2.05, 4.69) is 12.0 Å². The molecule has 14 heavy (non-hydrogen) atoms. The Labute approximate surface area is 84.5 Å². The Kier molecular flexibility index (Phi) is 4.16. The molecule has 1 aromatic rings. The minimum atomic E-state index is -0.0715. The molecule has 1 unspecified atom stereocenters. The molecule has 1 rings (SSSR count). The van der Waals surface area contributed by atoms with E-state index in [4.69, 9.17) is 10.6 Å². The fraction of sp³-hybridized carbons (Fsp3) is 0.273. The first-order valence-corrected chi connectivity index (χ1v) is 4.63. The maximum atomic E-state index is 5.48. The van der Waals surface area contributed by atoms with Crippen molar-refractivity contribution in [3.8, 4) is 5.75 Å². The smallest absolute Gasteiger partial charge is 0.124 e. The largest absolute Gasteiger partial charge is 0.494 e. The first kappa shape index (κ1) is 10.8. The second-order valence-corrected chi connectivity index (χ2v) is 2.85. The Morgan fingerprint density at radius 1 is 1.57 bits per heavy atom. The molecule has 1 aromatic carbocycles. The number of nitrogens with two attached hydrogens (primary N) is 1. The lowest BCUT2D eigenvalue weighted by molar-refractivity contribution is 0.334. The van der Waals surface area contributed by atoms with Crippen molar-refractivity contribution in [2.24, 2.45) is 5.84 Å². The molecule has 3 heteroatoms. The zero-order valence-corrected chi connectivity index (χ0v) is 8.36. The maximum absolute atomic E-state index is 5.48. The molecule has 0 spiro atoms. The number of ether oxygens (including phenoxy) is 1. The van der Waals surface area contributed by atoms with Crippen LogP contribution in [0, 0.1) is 0 Å². The predicted octanol–water partition coefficient (Wildman–Crippen LogP) is 1.78. The molecule has 0 aliphatic carbocycles. The predicted molar refractivity (Wildman–Crippen MR) is 57.9 cm³/mol. The molecular formula is C11H16N2O. The van der Waals surface area contributed by atoms with Crippen LogP contribution in [0.2, 0.25) is 0 Å². The summed E-state index contributed by atoms with van der Waals surface area (Å²) in [7, 11) is 0. The van der Waals surface area contributed by atoms with Crippen molar-refractivity contribution >= 4 is 0 Å². The lowest BCUT2D eigenvalue weighted by Crippen LogP contribution is -2.26. The normalized spacial score (nSPS) is 12.1. The minimum absolute atomic E-state index is 0.0715. The zero-order valence-electron chi connectivity index (χ0n) is 8.36. The zero-order chi connectivity index (χ0) is 10.4. The Bertz CT molecular complexity index is 299. The van der Waals surface area contributed by atoms with Gasteiger partial charge >= 0.3 is 0 Å². The molecule has 0 heterocycles. The van der Waals surface area contributed by atoms with E-state index in [1.165, 1.54) is 0 Å². The lowest BCUT2D eigenvalue weighted by Gasteiger charge is -2.15. The number of hydrogen-bond acceptors (Lipinski definition) is 3. The molecule has 3 nitrogen and oxygen atoms in total. The van der Waals surface area contributed by atoms with Crippen molar-refractivity contribution in [3.05, 3.63) is 42.5 Å². The summed E-state index contributed by atoms with van der Waals surface area (Å²) >= 11 is 0. The lowest BCUT2D eigenvalue weighted by atomic mass is 10.1. The highest BCUT2D eigenvalue weighted by atomic mass is 16.5. The first-order valence-electron chi connectivity index (χ1n) is 4.63. The molecule has 3 N–H and O–H groups in total. The highest BCUT2D eigenvalue weighted by Crippen LogP contribution is 2.24. The second kappa shape index (κ2) is 5.42. The fourth-order valence-electron chi connectivity index (χ4n) is 1.31. The van der Waals surface area contributed by atoms with E-state index < -0.39 is 0 Å². The van der Waals surface area contributed by atoms with Gasteiger partial charge in [0.05, 0.1) is 12.6 Å². The summed E-state index contributed by atoms with van der Waals surface area (Å²) < 4.78 is 5.48. The van der Waals surface area contributed by atoms with Crippen molar-refractivity contribution in [2.45, 2.75) is 13.0 Å². The van der Waals surface area contributed by atoms with Gasteiger partial charge in [-0.1, -0.05) is 24.3 Å². The topological polar surface area (TPSA) is 47.3 Å². The summed E-state index contributed by atoms with van der Waals surface area (Å²) in [5.74, 6) is 6.25. The number of nitrogens with one attached hydrogen (secondary N) is 1. The average molecular weight is 192 g/mol. The number of rotatable bonds is 5. The van der Waals surface area contributed by atoms with E-state index in [0.29, 0.717) is 6.61 Å². The van der Waals surface area contributed by atoms with Crippen LogP contribution in [-0.4, -0.2) is 6.61 Å². The van der Waals surface area contributed by atoms with Crippen molar-refractivity contribution < 1.29 is 4.74 Å². The van der Waals surface area contributed by atoms with Crippen molar-refractivity contribution in [1.29, 1.82) is 0 Å². The molecular weight excluding hydrogens is 176 g/mol. The van der Waals surface area contributed by atoms with Crippen molar-refractivity contribution in [3.63, 3.8) is 0 Å². The Hall–Kier alpha value is -1.32. The average Bonchev–Trinajstić information content (AvgIpc) is 2.23. The highest BCUT2D eigenvalue weighted by Gasteiger charge is 2.10. The van der Waals surface area contributed by atoms with Crippen LogP contribution in [0.25, 0.3) is 0 Å². The summed E-state index contributed by atoms with van der Waals surface area (Å²) in [5.41, 5.74) is 3.68. The quantitative estimate of drug-likeness (QED) is 0.424. The van der Waals surface area contributed by atoms with E-state index in [1.54, 1.807) is 6.08 Å². The monoisotopic (exact) mass is 192 g/mol. The van der Waals surface area contributed by atoms with Gasteiger partial charge in [-0.3, -0.25) is 5.84 Å². The van der Waals surface area contributed by atoms with E-state index in [0.717, 1.165) is 11.3 Å². The van der Waals surface area contributed by atoms with Crippen LogP contribution in [0.1, 0.15) is 18.5 Å². The molecule has 1 atom stereocenters. The maximum Gasteiger partial charge on any atom is 0.124 e. The first-order chi connectivity index (χ1) is 6.83. The van der Waals surface area contributed by atoms with Gasteiger partial charge in [-0.05, 0) is 13.0 Å². The molecule has 0 aliphatic rings. The van der Waals surface area contributed by atoms with Crippen LogP contribution in [0.5, 0.6) is 5.75 Å². The van der Waals surface area contributed by atoms with Crippen LogP contribution in [-0.2, 0) is 0 Å². The summed E-state index contributed by atoms with van der Waals surface area (Å²) in [6.07, 6.45) is 1.75. The summed E-state index contributed by atoms with van der Waals surface area (Å²) in [5, 5.41) is 0. The molecule has 0 radical (unpaired) electrons. The molecule has 0 amide bonds. The van der Waals surface area contributed by atoms with Gasteiger partial charge in [0.25, 0.3) is 0 Å². The van der Waals surface area contributed by atoms with Gasteiger partial charge in [0.1, 0.15) is 5.75 Å². The third kappa shape index (κ3) is 2.34. The van der Waals surface area contributed by atoms with Gasteiger partial charge in [-0.2, -0.15) is 0 Å². The van der Waals surface area contributed by atoms with E-state index in [1.807, 2.05) is 31.2 Å². The van der Waals surface area contributed by atoms with Gasteiger partial charge in [-0.25, -0.2) is 5.43 Å². The van der Waals surface area contributed by atoms with Gasteiger partial charge in [0.2, 0.25) is 0 Å². The van der Waals surface area contributed by atoms with Gasteiger partial charge < -0.3 is 4.74 Å². The summed E-state index contributed by atoms with van der Waals surface area (Å²) in [6, 6.07) is 7.71. The van der Waals surface area contributed by atoms with Crippen LogP contribution >= 0.6 is 0 Å². The van der Waals surface area contributed by atoms with E-state index in [-0.39, 0.29) is 6.04 Å². The van der Waals surface area contributed by atoms with Gasteiger partial charge in [0, 0.05) is 5.56 Å². The molecule has 0 aliphatic heterocycles. The van der Waals surface area contributed by atoms with Gasteiger partial charge in [0.15, 0.2) is 0 Å². The molecule has 0 fully saturated rings. The second-order valence-electron chi connectivity index (χ2n) is 2.85. The molecule has 0 aromatic heterocycles. The van der Waals surface area contributed by atoms with Crippen molar-refractivity contribution in [1.82, 2.24) is 5.43 Å². The van der Waals surface area contributed by atoms with Crippen LogP contribution in [0.4, 0.5) is 0 Å². The van der Waals surface area contributed by atoms with Crippen LogP contribution < -0.4 is 16.0 Å². The summed E-state index contributed by atoms with van der Waals surface area (Å²) in [6.45, 7) is 6.31. The summed E-state index contributed by atoms with van der Waals surface area (Å²) in [4.78, 5) is 0. The molecule has 0 bridgehead atoms. The number of benzene rings is 1. The number of para-hydroxylation sites is 1. The third-order valence-electron chi connectivity index (χ3n) is 1.97. The molecule has 0 saturated carbocycles. The fourth-order valence-corrected chi connectivity index (χ4v) is 1.31. The third-order valence-corrected chi connectivity index (χ3v) is 1.97. The molecule has 0 saturated heterocycles. The molecule has 76 valence electrons. The SMILES string of the molecule is C=CC(NN)c1ccccc1OCC. The Morgan fingerprint density at radius 3 is 2.86 bits per heavy atom. The Morgan fingerprint density at radius 2 is 2.29 bits per heavy atom. The van der Waals surface area contributed by atoms with Crippen LogP contribution in [0.3, 0.4) is 0 Å². The Balaban J connectivity index is 2.98. The number of hydrazine groups is 1.